The minimum absolute atomic E-state index is 0.0300. The zero-order chi connectivity index (χ0) is 33.9. The van der Waals surface area contributed by atoms with Crippen LogP contribution in [0, 0.1) is 0 Å². The molecule has 10 heteroatoms. The lowest BCUT2D eigenvalue weighted by molar-refractivity contribution is -0.116. The molecule has 1 atom stereocenters. The summed E-state index contributed by atoms with van der Waals surface area (Å²) in [4.78, 5) is 41.0. The number of benzene rings is 5. The van der Waals surface area contributed by atoms with Gasteiger partial charge in [-0.2, -0.15) is 0 Å². The lowest BCUT2D eigenvalue weighted by atomic mass is 10.1. The first-order valence-corrected chi connectivity index (χ1v) is 16.5. The number of carbonyl (C=O) groups excluding carboxylic acids is 3. The molecule has 0 spiro atoms. The third-order valence-corrected chi connectivity index (χ3v) is 9.04. The molecule has 3 N–H and O–H groups in total. The van der Waals surface area contributed by atoms with Gasteiger partial charge in [-0.3, -0.25) is 14.4 Å². The zero-order valence-corrected chi connectivity index (χ0v) is 28.5. The van der Waals surface area contributed by atoms with E-state index in [0.29, 0.717) is 34.0 Å². The maximum absolute atomic E-state index is 13.6. The topological polar surface area (TPSA) is 106 Å². The molecule has 1 unspecified atom stereocenters. The first-order valence-electron chi connectivity index (χ1n) is 14.8. The van der Waals surface area contributed by atoms with Gasteiger partial charge in [-0.25, -0.2) is 0 Å². The van der Waals surface area contributed by atoms with Gasteiger partial charge >= 0.3 is 0 Å². The Kier molecular flexibility index (Phi) is 11.7. The quantitative estimate of drug-likeness (QED) is 0.0884. The van der Waals surface area contributed by atoms with Crippen LogP contribution in [-0.2, 0) is 9.59 Å². The first kappa shape index (κ1) is 34.0. The van der Waals surface area contributed by atoms with Crippen LogP contribution in [0.3, 0.4) is 0 Å². The van der Waals surface area contributed by atoms with Crippen molar-refractivity contribution < 1.29 is 23.9 Å². The number of amides is 3. The highest BCUT2D eigenvalue weighted by Crippen LogP contribution is 2.37. The lowest BCUT2D eigenvalue weighted by Gasteiger charge is -2.18. The van der Waals surface area contributed by atoms with Crippen molar-refractivity contribution in [2.75, 3.05) is 24.9 Å². The SMILES string of the molecule is COc1ccc(/C=C(\NC(=O)c2ccccc2)C(=O)Nc2ccc(SC(C(=O)Nc3ccccc3Br)c3ccccc3)cc2)cc1OC. The van der Waals surface area contributed by atoms with E-state index in [1.807, 2.05) is 72.8 Å². The number of anilines is 2. The summed E-state index contributed by atoms with van der Waals surface area (Å²) in [6.45, 7) is 0. The highest BCUT2D eigenvalue weighted by molar-refractivity contribution is 9.10. The van der Waals surface area contributed by atoms with Gasteiger partial charge in [-0.05, 0) is 93.8 Å². The Bertz CT molecular complexity index is 1920. The molecular formula is C38H32BrN3O5S. The van der Waals surface area contributed by atoms with E-state index in [4.69, 9.17) is 9.47 Å². The van der Waals surface area contributed by atoms with Crippen molar-refractivity contribution in [2.45, 2.75) is 10.1 Å². The molecule has 48 heavy (non-hydrogen) atoms. The van der Waals surface area contributed by atoms with Crippen LogP contribution in [0.1, 0.15) is 26.7 Å². The number of halogens is 1. The maximum atomic E-state index is 13.6. The van der Waals surface area contributed by atoms with Crippen molar-refractivity contribution in [3.8, 4) is 11.5 Å². The number of carbonyl (C=O) groups is 3. The van der Waals surface area contributed by atoms with E-state index in [9.17, 15) is 14.4 Å². The molecule has 0 aliphatic rings. The van der Waals surface area contributed by atoms with E-state index in [0.717, 1.165) is 14.9 Å². The summed E-state index contributed by atoms with van der Waals surface area (Å²) in [7, 11) is 3.06. The maximum Gasteiger partial charge on any atom is 0.272 e. The van der Waals surface area contributed by atoms with Crippen molar-refractivity contribution in [3.63, 3.8) is 0 Å². The van der Waals surface area contributed by atoms with Crippen LogP contribution in [0.4, 0.5) is 11.4 Å². The minimum Gasteiger partial charge on any atom is -0.493 e. The van der Waals surface area contributed by atoms with Crippen LogP contribution in [0.2, 0.25) is 0 Å². The van der Waals surface area contributed by atoms with Gasteiger partial charge in [0.1, 0.15) is 10.9 Å². The minimum atomic E-state index is -0.539. The largest absolute Gasteiger partial charge is 0.493 e. The summed E-state index contributed by atoms with van der Waals surface area (Å²) in [6.07, 6.45) is 1.57. The average molecular weight is 723 g/mol. The fraction of sp³-hybridized carbons (Fsp3) is 0.0789. The molecule has 8 nitrogen and oxygen atoms in total. The highest BCUT2D eigenvalue weighted by Gasteiger charge is 2.23. The third-order valence-electron chi connectivity index (χ3n) is 7.09. The van der Waals surface area contributed by atoms with Gasteiger partial charge in [0.25, 0.3) is 11.8 Å². The molecule has 0 aliphatic carbocycles. The Hall–Kier alpha value is -5.32. The average Bonchev–Trinajstić information content (AvgIpc) is 3.12. The second kappa shape index (κ2) is 16.5. The molecule has 0 saturated carbocycles. The van der Waals surface area contributed by atoms with Crippen molar-refractivity contribution in [1.82, 2.24) is 5.32 Å². The molecule has 242 valence electrons. The van der Waals surface area contributed by atoms with Crippen LogP contribution in [0.25, 0.3) is 6.08 Å². The number of hydrogen-bond donors (Lipinski definition) is 3. The Balaban J connectivity index is 1.35. The van der Waals surface area contributed by atoms with Crippen molar-refractivity contribution in [3.05, 3.63) is 154 Å². The Morgan fingerprint density at radius 3 is 2.04 bits per heavy atom. The molecule has 0 saturated heterocycles. The lowest BCUT2D eigenvalue weighted by Crippen LogP contribution is -2.30. The molecule has 0 bridgehead atoms. The van der Waals surface area contributed by atoms with Crippen LogP contribution in [0.15, 0.2) is 142 Å². The monoisotopic (exact) mass is 721 g/mol. The van der Waals surface area contributed by atoms with Crippen LogP contribution in [0.5, 0.6) is 11.5 Å². The van der Waals surface area contributed by atoms with E-state index in [2.05, 4.69) is 31.9 Å². The molecular weight excluding hydrogens is 690 g/mol. The van der Waals surface area contributed by atoms with Gasteiger partial charge in [0.2, 0.25) is 5.91 Å². The molecule has 3 amide bonds. The molecule has 5 aromatic carbocycles. The molecule has 5 aromatic rings. The fourth-order valence-electron chi connectivity index (χ4n) is 4.66. The molecule has 0 heterocycles. The zero-order valence-electron chi connectivity index (χ0n) is 26.1. The van der Waals surface area contributed by atoms with Crippen LogP contribution < -0.4 is 25.4 Å². The molecule has 0 fully saturated rings. The van der Waals surface area contributed by atoms with Gasteiger partial charge in [0.05, 0.1) is 19.9 Å². The van der Waals surface area contributed by atoms with Gasteiger partial charge < -0.3 is 25.4 Å². The van der Waals surface area contributed by atoms with Crippen LogP contribution >= 0.6 is 27.7 Å². The number of nitrogens with one attached hydrogen (secondary N) is 3. The van der Waals surface area contributed by atoms with Gasteiger partial charge in [-0.15, -0.1) is 11.8 Å². The Labute approximate surface area is 291 Å². The summed E-state index contributed by atoms with van der Waals surface area (Å²) in [5.74, 6) is -0.116. The Morgan fingerprint density at radius 2 is 1.38 bits per heavy atom. The molecule has 0 radical (unpaired) electrons. The predicted octanol–water partition coefficient (Wildman–Crippen LogP) is 8.35. The molecule has 0 aromatic heterocycles. The predicted molar refractivity (Wildman–Crippen MR) is 194 cm³/mol. The number of methoxy groups -OCH3 is 2. The van der Waals surface area contributed by atoms with Gasteiger partial charge in [0.15, 0.2) is 11.5 Å². The van der Waals surface area contributed by atoms with E-state index in [1.165, 1.54) is 26.0 Å². The van der Waals surface area contributed by atoms with Crippen LogP contribution in [-0.4, -0.2) is 31.9 Å². The first-order chi connectivity index (χ1) is 23.3. The van der Waals surface area contributed by atoms with E-state index < -0.39 is 17.1 Å². The summed E-state index contributed by atoms with van der Waals surface area (Å²) in [6, 6.07) is 38.0. The standard InChI is InChI=1S/C38H32BrN3O5S/c1-46-33-22-17-25(24-34(33)47-2)23-32(42-36(43)27-13-7-4-8-14-27)37(44)40-28-18-20-29(21-19-28)48-35(26-11-5-3-6-12-26)38(45)41-31-16-10-9-15-30(31)39/h3-24,35H,1-2H3,(H,40,44)(H,41,45)(H,42,43)/b32-23-. The van der Waals surface area contributed by atoms with Crippen molar-refractivity contribution in [1.29, 1.82) is 0 Å². The number of thioether (sulfide) groups is 1. The van der Waals surface area contributed by atoms with E-state index in [1.54, 1.807) is 60.7 Å². The number of para-hydroxylation sites is 1. The third kappa shape index (κ3) is 8.93. The fourth-order valence-corrected chi connectivity index (χ4v) is 6.07. The second-order valence-electron chi connectivity index (χ2n) is 10.3. The summed E-state index contributed by atoms with van der Waals surface area (Å²) in [5, 5.41) is 8.10. The van der Waals surface area contributed by atoms with Gasteiger partial charge in [0, 0.05) is 20.6 Å². The van der Waals surface area contributed by atoms with E-state index >= 15 is 0 Å². The van der Waals surface area contributed by atoms with E-state index in [-0.39, 0.29) is 11.6 Å². The normalized spacial score (nSPS) is 11.6. The number of rotatable bonds is 12. The highest BCUT2D eigenvalue weighted by atomic mass is 79.9. The van der Waals surface area contributed by atoms with Crippen molar-refractivity contribution >= 4 is 62.9 Å². The number of hydrogen-bond acceptors (Lipinski definition) is 6. The second-order valence-corrected chi connectivity index (χ2v) is 12.4. The van der Waals surface area contributed by atoms with Gasteiger partial charge in [-0.1, -0.05) is 66.7 Å². The number of ether oxygens (including phenoxy) is 2. The smallest absolute Gasteiger partial charge is 0.272 e. The Morgan fingerprint density at radius 1 is 0.729 bits per heavy atom. The molecule has 5 rings (SSSR count). The summed E-state index contributed by atoms with van der Waals surface area (Å²) in [5.41, 5.74) is 3.09. The molecule has 0 aliphatic heterocycles. The summed E-state index contributed by atoms with van der Waals surface area (Å²) >= 11 is 4.89. The van der Waals surface area contributed by atoms with Crippen molar-refractivity contribution in [2.24, 2.45) is 0 Å². The summed E-state index contributed by atoms with van der Waals surface area (Å²) < 4.78 is 11.5.